The second-order valence-electron chi connectivity index (χ2n) is 5.98. The highest BCUT2D eigenvalue weighted by Crippen LogP contribution is 2.24. The molecule has 23 heavy (non-hydrogen) atoms. The highest BCUT2D eigenvalue weighted by Gasteiger charge is 2.32. The summed E-state index contributed by atoms with van der Waals surface area (Å²) in [5.74, 6) is 0.580. The number of aromatic nitrogens is 4. The Morgan fingerprint density at radius 3 is 3.00 bits per heavy atom. The van der Waals surface area contributed by atoms with Crippen molar-refractivity contribution in [2.75, 3.05) is 19.4 Å². The van der Waals surface area contributed by atoms with E-state index in [1.54, 1.807) is 0 Å². The fraction of sp³-hybridized carbons (Fsp3) is 0.571. The highest BCUT2D eigenvalue weighted by atomic mass is 16.5. The third kappa shape index (κ3) is 3.04. The van der Waals surface area contributed by atoms with E-state index < -0.39 is 0 Å². The molecular weight excluding hydrogens is 300 g/mol. The van der Waals surface area contributed by atoms with Gasteiger partial charge in [0.25, 0.3) is 11.3 Å². The molecule has 0 amide bonds. The van der Waals surface area contributed by atoms with E-state index in [0.717, 1.165) is 19.4 Å². The lowest BCUT2D eigenvalue weighted by atomic mass is 9.94. The van der Waals surface area contributed by atoms with Crippen LogP contribution in [0, 0.1) is 5.92 Å². The summed E-state index contributed by atoms with van der Waals surface area (Å²) in [4.78, 5) is 34.4. The quantitative estimate of drug-likeness (QED) is 0.750. The number of ether oxygens (including phenoxy) is 1. The molecule has 0 saturated carbocycles. The van der Waals surface area contributed by atoms with Crippen LogP contribution in [0.3, 0.4) is 0 Å². The number of nitrogens with zero attached hydrogens (tertiary/aromatic N) is 4. The van der Waals surface area contributed by atoms with Crippen molar-refractivity contribution < 1.29 is 9.53 Å². The number of hydrogen-bond donors (Lipinski definition) is 2. The Balaban J connectivity index is 1.89. The zero-order valence-electron chi connectivity index (χ0n) is 13.2. The Kier molecular flexibility index (Phi) is 4.03. The average Bonchev–Trinajstić information content (AvgIpc) is 2.88. The number of rotatable bonds is 3. The molecule has 1 aliphatic rings. The number of likely N-dealkylation sites (tertiary alicyclic amines) is 1. The zero-order chi connectivity index (χ0) is 16.6. The molecule has 3 rings (SSSR count). The maximum atomic E-state index is 12.1. The van der Waals surface area contributed by atoms with Crippen molar-refractivity contribution in [1.29, 1.82) is 0 Å². The van der Waals surface area contributed by atoms with Gasteiger partial charge in [-0.15, -0.1) is 0 Å². The molecule has 3 N–H and O–H groups in total. The first kappa shape index (κ1) is 15.5. The highest BCUT2D eigenvalue weighted by molar-refractivity contribution is 5.75. The Bertz CT molecular complexity index is 782. The number of piperidine rings is 1. The van der Waals surface area contributed by atoms with Crippen molar-refractivity contribution in [2.45, 2.75) is 32.4 Å². The molecule has 2 atom stereocenters. The number of anilines is 1. The van der Waals surface area contributed by atoms with Gasteiger partial charge < -0.3 is 10.5 Å². The van der Waals surface area contributed by atoms with Gasteiger partial charge in [0, 0.05) is 19.2 Å². The Morgan fingerprint density at radius 1 is 1.48 bits per heavy atom. The Labute approximate surface area is 132 Å². The van der Waals surface area contributed by atoms with Gasteiger partial charge in [-0.05, 0) is 18.8 Å². The molecular formula is C14H20N6O3. The van der Waals surface area contributed by atoms with E-state index in [-0.39, 0.29) is 29.3 Å². The molecule has 9 heteroatoms. The SMILES string of the molecule is COC(=O)C1CCC(C)CN1Cc1cc(=O)n2[nH]c(N)nc2n1. The third-order valence-electron chi connectivity index (χ3n) is 4.16. The van der Waals surface area contributed by atoms with Gasteiger partial charge in [0.2, 0.25) is 5.95 Å². The monoisotopic (exact) mass is 320 g/mol. The van der Waals surface area contributed by atoms with E-state index in [4.69, 9.17) is 10.5 Å². The van der Waals surface area contributed by atoms with E-state index >= 15 is 0 Å². The van der Waals surface area contributed by atoms with Gasteiger partial charge >= 0.3 is 5.97 Å². The zero-order valence-corrected chi connectivity index (χ0v) is 13.2. The lowest BCUT2D eigenvalue weighted by molar-refractivity contribution is -0.149. The predicted molar refractivity (Wildman–Crippen MR) is 82.6 cm³/mol. The molecule has 1 saturated heterocycles. The maximum Gasteiger partial charge on any atom is 0.323 e. The first-order valence-electron chi connectivity index (χ1n) is 7.54. The number of hydrogen-bond acceptors (Lipinski definition) is 7. The predicted octanol–water partition coefficient (Wildman–Crippen LogP) is -0.227. The van der Waals surface area contributed by atoms with Gasteiger partial charge in [0.15, 0.2) is 0 Å². The van der Waals surface area contributed by atoms with Gasteiger partial charge in [-0.1, -0.05) is 6.92 Å². The molecule has 0 aromatic carbocycles. The summed E-state index contributed by atoms with van der Waals surface area (Å²) in [5, 5.41) is 2.62. The Morgan fingerprint density at radius 2 is 2.26 bits per heavy atom. The maximum absolute atomic E-state index is 12.1. The standard InChI is InChI=1S/C14H20N6O3/c1-8-3-4-10(12(22)23-2)19(6-8)7-9-5-11(21)20-14(16-9)17-13(15)18-20/h5,8,10H,3-4,6-7H2,1-2H3,(H3,15,16,17,18). The number of aromatic amines is 1. The number of methoxy groups -OCH3 is 1. The molecule has 0 bridgehead atoms. The summed E-state index contributed by atoms with van der Waals surface area (Å²) in [6.07, 6.45) is 1.71. The molecule has 0 aliphatic carbocycles. The second kappa shape index (κ2) is 5.99. The van der Waals surface area contributed by atoms with Gasteiger partial charge in [0.05, 0.1) is 12.8 Å². The van der Waals surface area contributed by atoms with Crippen LogP contribution in [-0.4, -0.2) is 50.1 Å². The number of nitrogens with two attached hydrogens (primary N) is 1. The number of nitrogen functional groups attached to an aromatic ring is 1. The third-order valence-corrected chi connectivity index (χ3v) is 4.16. The lowest BCUT2D eigenvalue weighted by Gasteiger charge is -2.36. The molecule has 3 heterocycles. The fourth-order valence-corrected chi connectivity index (χ4v) is 3.05. The molecule has 1 fully saturated rings. The molecule has 0 radical (unpaired) electrons. The smallest absolute Gasteiger partial charge is 0.323 e. The van der Waals surface area contributed by atoms with Crippen LogP contribution in [0.25, 0.3) is 5.78 Å². The van der Waals surface area contributed by atoms with Crippen molar-refractivity contribution in [2.24, 2.45) is 5.92 Å². The van der Waals surface area contributed by atoms with Crippen LogP contribution in [0.5, 0.6) is 0 Å². The molecule has 2 aromatic heterocycles. The lowest BCUT2D eigenvalue weighted by Crippen LogP contribution is -2.47. The summed E-state index contributed by atoms with van der Waals surface area (Å²) < 4.78 is 6.08. The average molecular weight is 320 g/mol. The first-order valence-corrected chi connectivity index (χ1v) is 7.54. The number of fused-ring (bicyclic) bond motifs is 1. The summed E-state index contributed by atoms with van der Waals surface area (Å²) in [5.41, 5.74) is 5.83. The van der Waals surface area contributed by atoms with Crippen molar-refractivity contribution in [1.82, 2.24) is 24.5 Å². The summed E-state index contributed by atoms with van der Waals surface area (Å²) in [7, 11) is 1.39. The molecule has 2 unspecified atom stereocenters. The molecule has 2 aromatic rings. The molecule has 9 nitrogen and oxygen atoms in total. The van der Waals surface area contributed by atoms with E-state index in [1.165, 1.54) is 17.7 Å². The van der Waals surface area contributed by atoms with E-state index in [1.807, 2.05) is 4.90 Å². The fourth-order valence-electron chi connectivity index (χ4n) is 3.05. The van der Waals surface area contributed by atoms with Gasteiger partial charge in [-0.2, -0.15) is 9.50 Å². The number of esters is 1. The van der Waals surface area contributed by atoms with E-state index in [0.29, 0.717) is 18.2 Å². The topological polar surface area (TPSA) is 119 Å². The van der Waals surface area contributed by atoms with Crippen molar-refractivity contribution in [3.8, 4) is 0 Å². The van der Waals surface area contributed by atoms with E-state index in [9.17, 15) is 9.59 Å². The molecule has 124 valence electrons. The van der Waals surface area contributed by atoms with Crippen molar-refractivity contribution >= 4 is 17.7 Å². The summed E-state index contributed by atoms with van der Waals surface area (Å²) in [6, 6.07) is 1.12. The minimum absolute atomic E-state index is 0.130. The van der Waals surface area contributed by atoms with Gasteiger partial charge in [-0.3, -0.25) is 19.6 Å². The largest absolute Gasteiger partial charge is 0.468 e. The number of carbonyl (C=O) groups is 1. The van der Waals surface area contributed by atoms with Crippen LogP contribution in [0.1, 0.15) is 25.5 Å². The minimum atomic E-state index is -0.305. The number of H-pyrrole nitrogens is 1. The summed E-state index contributed by atoms with van der Waals surface area (Å²) in [6.45, 7) is 3.28. The van der Waals surface area contributed by atoms with Crippen LogP contribution in [-0.2, 0) is 16.1 Å². The number of carbonyl (C=O) groups excluding carboxylic acids is 1. The first-order chi connectivity index (χ1) is 11.0. The normalized spacial score (nSPS) is 22.3. The van der Waals surface area contributed by atoms with Gasteiger partial charge in [-0.25, -0.2) is 4.98 Å². The van der Waals surface area contributed by atoms with Gasteiger partial charge in [0.1, 0.15) is 6.04 Å². The Hall–Kier alpha value is -2.42. The molecule has 0 spiro atoms. The van der Waals surface area contributed by atoms with Crippen LogP contribution in [0.2, 0.25) is 0 Å². The molecule has 1 aliphatic heterocycles. The van der Waals surface area contributed by atoms with Crippen LogP contribution >= 0.6 is 0 Å². The summed E-state index contributed by atoms with van der Waals surface area (Å²) >= 11 is 0. The number of nitrogens with one attached hydrogen (secondary N) is 1. The van der Waals surface area contributed by atoms with Crippen molar-refractivity contribution in [3.63, 3.8) is 0 Å². The minimum Gasteiger partial charge on any atom is -0.468 e. The van der Waals surface area contributed by atoms with Crippen LogP contribution in [0.15, 0.2) is 10.9 Å². The second-order valence-corrected chi connectivity index (χ2v) is 5.98. The van der Waals surface area contributed by atoms with E-state index in [2.05, 4.69) is 22.0 Å². The van der Waals surface area contributed by atoms with Crippen molar-refractivity contribution in [3.05, 3.63) is 22.1 Å². The van der Waals surface area contributed by atoms with Crippen LogP contribution in [0.4, 0.5) is 5.95 Å². The van der Waals surface area contributed by atoms with Crippen LogP contribution < -0.4 is 11.3 Å².